The van der Waals surface area contributed by atoms with Gasteiger partial charge in [-0.05, 0) is 53.0 Å². The van der Waals surface area contributed by atoms with Crippen molar-refractivity contribution in [2.24, 2.45) is 0 Å². The number of esters is 1. The smallest absolute Gasteiger partial charge is 0.367 e. The van der Waals surface area contributed by atoms with Gasteiger partial charge in [0, 0.05) is 6.42 Å². The Hall–Kier alpha value is -2.94. The third-order valence-electron chi connectivity index (χ3n) is 11.0. The number of ether oxygens (including phenoxy) is 5. The molecular formula is C44H64O8Si2. The zero-order valence-electron chi connectivity index (χ0n) is 34.3. The van der Waals surface area contributed by atoms with Crippen molar-refractivity contribution in [1.29, 1.82) is 0 Å². The normalized spacial score (nSPS) is 21.7. The molecule has 1 aliphatic rings. The maximum atomic E-state index is 14.6. The van der Waals surface area contributed by atoms with E-state index in [9.17, 15) is 4.79 Å². The highest BCUT2D eigenvalue weighted by molar-refractivity contribution is 6.74. The zero-order valence-corrected chi connectivity index (χ0v) is 36.3. The highest BCUT2D eigenvalue weighted by Gasteiger charge is 2.60. The van der Waals surface area contributed by atoms with Crippen LogP contribution in [0.15, 0.2) is 104 Å². The van der Waals surface area contributed by atoms with Crippen LogP contribution in [0.25, 0.3) is 0 Å². The fourth-order valence-electron chi connectivity index (χ4n) is 5.73. The molecule has 0 N–H and O–H groups in total. The van der Waals surface area contributed by atoms with Crippen LogP contribution in [0.3, 0.4) is 0 Å². The molecule has 10 heteroatoms. The van der Waals surface area contributed by atoms with Gasteiger partial charge in [0.2, 0.25) is 0 Å². The summed E-state index contributed by atoms with van der Waals surface area (Å²) in [5.74, 6) is -2.48. The van der Waals surface area contributed by atoms with Crippen molar-refractivity contribution < 1.29 is 37.3 Å². The van der Waals surface area contributed by atoms with Gasteiger partial charge in [0.25, 0.3) is 5.79 Å². The molecule has 0 saturated carbocycles. The van der Waals surface area contributed by atoms with Crippen LogP contribution in [-0.4, -0.2) is 66.0 Å². The topological polar surface area (TPSA) is 81.7 Å². The molecule has 0 aliphatic carbocycles. The Bertz CT molecular complexity index is 1590. The highest BCUT2D eigenvalue weighted by Crippen LogP contribution is 2.46. The van der Waals surface area contributed by atoms with Crippen LogP contribution in [0.4, 0.5) is 0 Å². The summed E-state index contributed by atoms with van der Waals surface area (Å²) in [6.07, 6.45) is -1.10. The van der Waals surface area contributed by atoms with Gasteiger partial charge in [-0.25, -0.2) is 4.79 Å². The first-order valence-electron chi connectivity index (χ1n) is 19.1. The first kappa shape index (κ1) is 43.8. The molecule has 0 radical (unpaired) electrons. The Morgan fingerprint density at radius 3 is 1.76 bits per heavy atom. The minimum atomic E-state index is -2.49. The second kappa shape index (κ2) is 18.8. The number of benzene rings is 3. The number of hydrogen-bond donors (Lipinski definition) is 0. The van der Waals surface area contributed by atoms with Gasteiger partial charge in [-0.1, -0.05) is 139 Å². The molecule has 1 heterocycles. The molecule has 1 saturated heterocycles. The van der Waals surface area contributed by atoms with Crippen LogP contribution in [-0.2, 0) is 57.2 Å². The van der Waals surface area contributed by atoms with Gasteiger partial charge in [0.15, 0.2) is 16.6 Å². The average Bonchev–Trinajstić information content (AvgIpc) is 3.12. The van der Waals surface area contributed by atoms with Crippen molar-refractivity contribution in [1.82, 2.24) is 0 Å². The monoisotopic (exact) mass is 776 g/mol. The summed E-state index contributed by atoms with van der Waals surface area (Å²) in [5.41, 5.74) is 2.88. The standard InChI is InChI=1S/C44H64O8Si2/c1-12-28-49-44(41(45)48-32-36-26-20-15-21-27-36)29-37(51-53(8,9)42(2,3)4)40(52-54(10,11)43(5,6)7)39(50-44)38(47-31-35-24-18-14-19-25-35)33-46-30-34-22-16-13-17-23-34/h12-27,37-40H,1,28-33H2,2-11H3/t37-,38-,39-,40-,44-/m1/s1. The Labute approximate surface area is 326 Å². The van der Waals surface area contributed by atoms with Gasteiger partial charge in [0.1, 0.15) is 18.8 Å². The molecular weight excluding hydrogens is 713 g/mol. The van der Waals surface area contributed by atoms with Gasteiger partial charge >= 0.3 is 5.97 Å². The second-order valence-electron chi connectivity index (χ2n) is 17.3. The lowest BCUT2D eigenvalue weighted by Gasteiger charge is -2.53. The molecule has 4 rings (SSSR count). The summed E-state index contributed by atoms with van der Waals surface area (Å²) in [4.78, 5) is 14.6. The molecule has 54 heavy (non-hydrogen) atoms. The fraction of sp³-hybridized carbons (Fsp3) is 0.523. The van der Waals surface area contributed by atoms with E-state index in [4.69, 9.17) is 32.5 Å². The lowest BCUT2D eigenvalue weighted by molar-refractivity contribution is -0.323. The summed E-state index contributed by atoms with van der Waals surface area (Å²) in [6.45, 7) is 27.0. The third-order valence-corrected chi connectivity index (χ3v) is 20.0. The van der Waals surface area contributed by atoms with Crippen LogP contribution in [0.5, 0.6) is 0 Å². The summed E-state index contributed by atoms with van der Waals surface area (Å²) < 4.78 is 47.5. The van der Waals surface area contributed by atoms with Gasteiger partial charge < -0.3 is 32.5 Å². The van der Waals surface area contributed by atoms with E-state index in [1.165, 1.54) is 0 Å². The molecule has 296 valence electrons. The highest BCUT2D eigenvalue weighted by atomic mass is 28.4. The minimum absolute atomic E-state index is 0.0494. The molecule has 0 bridgehead atoms. The minimum Gasteiger partial charge on any atom is -0.457 e. The van der Waals surface area contributed by atoms with E-state index >= 15 is 0 Å². The maximum Gasteiger partial charge on any atom is 0.367 e. The van der Waals surface area contributed by atoms with Gasteiger partial charge in [0.05, 0.1) is 38.6 Å². The molecule has 1 fully saturated rings. The van der Waals surface area contributed by atoms with Crippen molar-refractivity contribution in [3.63, 3.8) is 0 Å². The zero-order chi connectivity index (χ0) is 39.6. The SMILES string of the molecule is C=CCO[C@]1(C(=O)OCc2ccccc2)C[C@@H](O[Si](C)(C)C(C)(C)C)[C@@H](O[Si](C)(C)C(C)(C)C)[C@@H]([C@@H](COCc2ccccc2)OCc2ccccc2)O1. The van der Waals surface area contributed by atoms with Crippen molar-refractivity contribution in [3.05, 3.63) is 120 Å². The molecule has 0 spiro atoms. The third kappa shape index (κ3) is 11.8. The predicted molar refractivity (Wildman–Crippen MR) is 220 cm³/mol. The van der Waals surface area contributed by atoms with Crippen LogP contribution in [0.2, 0.25) is 36.3 Å². The lowest BCUT2D eigenvalue weighted by atomic mass is 9.92. The fourth-order valence-corrected chi connectivity index (χ4v) is 8.38. The van der Waals surface area contributed by atoms with Crippen LogP contribution >= 0.6 is 0 Å². The molecule has 5 atom stereocenters. The molecule has 0 aromatic heterocycles. The lowest BCUT2D eigenvalue weighted by Crippen LogP contribution is -2.67. The Balaban J connectivity index is 1.85. The number of carbonyl (C=O) groups excluding carboxylic acids is 1. The summed E-state index contributed by atoms with van der Waals surface area (Å²) >= 11 is 0. The first-order valence-corrected chi connectivity index (χ1v) is 25.0. The van der Waals surface area contributed by atoms with Crippen molar-refractivity contribution in [2.75, 3.05) is 13.2 Å². The Morgan fingerprint density at radius 1 is 0.778 bits per heavy atom. The number of rotatable bonds is 18. The maximum absolute atomic E-state index is 14.6. The van der Waals surface area contributed by atoms with Crippen molar-refractivity contribution in [3.8, 4) is 0 Å². The number of carbonyl (C=O) groups is 1. The quantitative estimate of drug-likeness (QED) is 0.0718. The molecule has 0 unspecified atom stereocenters. The van der Waals surface area contributed by atoms with Crippen molar-refractivity contribution >= 4 is 22.6 Å². The van der Waals surface area contributed by atoms with Crippen LogP contribution in [0, 0.1) is 0 Å². The van der Waals surface area contributed by atoms with E-state index in [0.717, 1.165) is 16.7 Å². The van der Waals surface area contributed by atoms with Crippen LogP contribution in [0.1, 0.15) is 64.7 Å². The van der Waals surface area contributed by atoms with Crippen LogP contribution < -0.4 is 0 Å². The molecule has 3 aromatic rings. The largest absolute Gasteiger partial charge is 0.457 e. The van der Waals surface area contributed by atoms with E-state index in [2.05, 4.69) is 74.3 Å². The molecule has 1 aliphatic heterocycles. The summed E-state index contributed by atoms with van der Waals surface area (Å²) in [5, 5.41) is -0.269. The van der Waals surface area contributed by atoms with E-state index < -0.39 is 52.8 Å². The van der Waals surface area contributed by atoms with Gasteiger partial charge in [-0.3, -0.25) is 0 Å². The second-order valence-corrected chi connectivity index (χ2v) is 26.8. The molecule has 8 nitrogen and oxygen atoms in total. The predicted octanol–water partition coefficient (Wildman–Crippen LogP) is 10.0. The van der Waals surface area contributed by atoms with Crippen molar-refractivity contribution in [2.45, 2.75) is 134 Å². The number of hydrogen-bond acceptors (Lipinski definition) is 8. The van der Waals surface area contributed by atoms with E-state index in [0.29, 0.717) is 13.2 Å². The summed E-state index contributed by atoms with van der Waals surface area (Å²) in [7, 11) is -4.97. The Morgan fingerprint density at radius 2 is 1.26 bits per heavy atom. The average molecular weight is 777 g/mol. The Kier molecular flexibility index (Phi) is 15.2. The van der Waals surface area contributed by atoms with Gasteiger partial charge in [-0.15, -0.1) is 6.58 Å². The molecule has 0 amide bonds. The van der Waals surface area contributed by atoms with E-state index in [-0.39, 0.29) is 36.3 Å². The van der Waals surface area contributed by atoms with E-state index in [1.54, 1.807) is 6.08 Å². The first-order chi connectivity index (χ1) is 25.4. The van der Waals surface area contributed by atoms with E-state index in [1.807, 2.05) is 91.0 Å². The van der Waals surface area contributed by atoms with Gasteiger partial charge in [-0.2, -0.15) is 0 Å². The molecule has 3 aromatic carbocycles. The summed E-state index contributed by atoms with van der Waals surface area (Å²) in [6, 6.07) is 29.6.